The van der Waals surface area contributed by atoms with Gasteiger partial charge < -0.3 is 10.6 Å². The zero-order chi connectivity index (χ0) is 13.2. The van der Waals surface area contributed by atoms with E-state index in [-0.39, 0.29) is 23.7 Å². The Hall–Kier alpha value is -0.000000000000000167. The summed E-state index contributed by atoms with van der Waals surface area (Å²) < 4.78 is 0.986. The number of halogens is 3. The van der Waals surface area contributed by atoms with E-state index in [9.17, 15) is 4.79 Å². The molecule has 108 valence electrons. The van der Waals surface area contributed by atoms with Crippen LogP contribution in [-0.2, 0) is 0 Å². The number of hydrogen-bond acceptors (Lipinski definition) is 3. The molecule has 1 aliphatic rings. The van der Waals surface area contributed by atoms with Crippen molar-refractivity contribution < 1.29 is 4.79 Å². The smallest absolute Gasteiger partial charge is 0.253 e. The quantitative estimate of drug-likeness (QED) is 0.880. The predicted octanol–water partition coefficient (Wildman–Crippen LogP) is 3.60. The minimum absolute atomic E-state index is 0. The van der Waals surface area contributed by atoms with E-state index in [4.69, 9.17) is 23.2 Å². The van der Waals surface area contributed by atoms with E-state index < -0.39 is 0 Å². The fraction of sp³-hybridized carbons (Fsp3) is 0.583. The Bertz CT molecular complexity index is 444. The summed E-state index contributed by atoms with van der Waals surface area (Å²) in [5, 5.41) is 6.31. The molecule has 1 unspecified atom stereocenters. The molecular formula is C12H17Cl3N2OS. The van der Waals surface area contributed by atoms with Crippen molar-refractivity contribution in [3.05, 3.63) is 20.3 Å². The third kappa shape index (κ3) is 4.50. The predicted molar refractivity (Wildman–Crippen MR) is 84.1 cm³/mol. The van der Waals surface area contributed by atoms with E-state index in [0.717, 1.165) is 25.9 Å². The molecule has 2 rings (SSSR count). The van der Waals surface area contributed by atoms with Crippen LogP contribution in [0.5, 0.6) is 0 Å². The number of carbonyl (C=O) groups is 1. The summed E-state index contributed by atoms with van der Waals surface area (Å²) in [5.74, 6) is -0.144. The van der Waals surface area contributed by atoms with Gasteiger partial charge in [-0.15, -0.1) is 23.7 Å². The lowest BCUT2D eigenvalue weighted by molar-refractivity contribution is 0.0925. The fourth-order valence-electron chi connectivity index (χ4n) is 2.15. The SMILES string of the molecule is CC1(CNC(=O)c2cc(Cl)sc2Cl)CCCNC1.Cl. The molecule has 7 heteroatoms. The van der Waals surface area contributed by atoms with Crippen LogP contribution in [-0.4, -0.2) is 25.5 Å². The van der Waals surface area contributed by atoms with Gasteiger partial charge in [-0.3, -0.25) is 4.79 Å². The van der Waals surface area contributed by atoms with Crippen LogP contribution in [0.4, 0.5) is 0 Å². The van der Waals surface area contributed by atoms with Crippen molar-refractivity contribution >= 4 is 52.9 Å². The molecule has 0 radical (unpaired) electrons. The molecule has 2 heterocycles. The van der Waals surface area contributed by atoms with Crippen molar-refractivity contribution in [2.45, 2.75) is 19.8 Å². The molecule has 1 atom stereocenters. The van der Waals surface area contributed by atoms with Gasteiger partial charge in [-0.05, 0) is 30.9 Å². The van der Waals surface area contributed by atoms with Gasteiger partial charge in [0.05, 0.1) is 9.90 Å². The van der Waals surface area contributed by atoms with Crippen molar-refractivity contribution in [3.63, 3.8) is 0 Å². The highest BCUT2D eigenvalue weighted by atomic mass is 35.5. The summed E-state index contributed by atoms with van der Waals surface area (Å²) in [7, 11) is 0. The number of carbonyl (C=O) groups excluding carboxylic acids is 1. The topological polar surface area (TPSA) is 41.1 Å². The summed E-state index contributed by atoms with van der Waals surface area (Å²) in [6, 6.07) is 1.62. The summed E-state index contributed by atoms with van der Waals surface area (Å²) in [6.45, 7) is 4.84. The number of rotatable bonds is 3. The average Bonchev–Trinajstić information content (AvgIpc) is 2.67. The molecule has 0 bridgehead atoms. The van der Waals surface area contributed by atoms with Gasteiger partial charge in [-0.2, -0.15) is 0 Å². The standard InChI is InChI=1S/C12H16Cl2N2OS.ClH/c1-12(3-2-4-15-6-12)7-16-11(17)8-5-9(13)18-10(8)14;/h5,15H,2-4,6-7H2,1H3,(H,16,17);1H. The van der Waals surface area contributed by atoms with Gasteiger partial charge in [0.25, 0.3) is 5.91 Å². The molecule has 0 spiro atoms. The Morgan fingerprint density at radius 2 is 2.32 bits per heavy atom. The molecule has 1 aromatic rings. The molecule has 0 aliphatic carbocycles. The Morgan fingerprint density at radius 1 is 1.58 bits per heavy atom. The number of nitrogens with one attached hydrogen (secondary N) is 2. The molecule has 1 aromatic heterocycles. The average molecular weight is 344 g/mol. The Labute approximate surface area is 133 Å². The molecule has 2 N–H and O–H groups in total. The van der Waals surface area contributed by atoms with Gasteiger partial charge in [0.1, 0.15) is 4.34 Å². The van der Waals surface area contributed by atoms with E-state index in [0.29, 0.717) is 20.8 Å². The van der Waals surface area contributed by atoms with Crippen molar-refractivity contribution in [2.75, 3.05) is 19.6 Å². The third-order valence-electron chi connectivity index (χ3n) is 3.26. The largest absolute Gasteiger partial charge is 0.351 e. The van der Waals surface area contributed by atoms with Crippen molar-refractivity contribution in [1.82, 2.24) is 10.6 Å². The van der Waals surface area contributed by atoms with Crippen molar-refractivity contribution in [1.29, 1.82) is 0 Å². The number of amides is 1. The van der Waals surface area contributed by atoms with E-state index in [2.05, 4.69) is 17.6 Å². The molecule has 1 fully saturated rings. The fourth-order valence-corrected chi connectivity index (χ4v) is 3.61. The normalized spacial score (nSPS) is 22.7. The minimum Gasteiger partial charge on any atom is -0.351 e. The summed E-state index contributed by atoms with van der Waals surface area (Å²) in [4.78, 5) is 12.0. The minimum atomic E-state index is -0.144. The number of thiophene rings is 1. The van der Waals surface area contributed by atoms with Gasteiger partial charge in [-0.25, -0.2) is 0 Å². The van der Waals surface area contributed by atoms with E-state index in [1.165, 1.54) is 11.3 Å². The maximum atomic E-state index is 12.0. The second kappa shape index (κ2) is 7.14. The Balaban J connectivity index is 0.00000180. The van der Waals surface area contributed by atoms with Gasteiger partial charge in [0, 0.05) is 13.1 Å². The highest BCUT2D eigenvalue weighted by Crippen LogP contribution is 2.31. The van der Waals surface area contributed by atoms with Crippen LogP contribution in [0, 0.1) is 5.41 Å². The van der Waals surface area contributed by atoms with Crippen LogP contribution in [0.2, 0.25) is 8.67 Å². The lowest BCUT2D eigenvalue weighted by Crippen LogP contribution is -2.45. The third-order valence-corrected chi connectivity index (χ3v) is 4.75. The van der Waals surface area contributed by atoms with Crippen LogP contribution >= 0.6 is 46.9 Å². The zero-order valence-electron chi connectivity index (χ0n) is 10.6. The molecule has 1 aliphatic heterocycles. The first-order valence-electron chi connectivity index (χ1n) is 5.94. The Kier molecular flexibility index (Phi) is 6.40. The second-order valence-corrected chi connectivity index (χ2v) is 7.30. The van der Waals surface area contributed by atoms with Gasteiger partial charge >= 0.3 is 0 Å². The van der Waals surface area contributed by atoms with Crippen LogP contribution in [0.25, 0.3) is 0 Å². The molecule has 1 amide bonds. The summed E-state index contributed by atoms with van der Waals surface area (Å²) >= 11 is 13.0. The Morgan fingerprint density at radius 3 is 2.84 bits per heavy atom. The second-order valence-electron chi connectivity index (χ2n) is 5.01. The first-order chi connectivity index (χ1) is 8.50. The van der Waals surface area contributed by atoms with E-state index >= 15 is 0 Å². The van der Waals surface area contributed by atoms with E-state index in [1.54, 1.807) is 6.07 Å². The first kappa shape index (κ1) is 17.1. The maximum Gasteiger partial charge on any atom is 0.253 e. The molecule has 3 nitrogen and oxygen atoms in total. The van der Waals surface area contributed by atoms with E-state index in [1.807, 2.05) is 0 Å². The van der Waals surface area contributed by atoms with Crippen LogP contribution < -0.4 is 10.6 Å². The van der Waals surface area contributed by atoms with Crippen LogP contribution in [0.3, 0.4) is 0 Å². The maximum absolute atomic E-state index is 12.0. The highest BCUT2D eigenvalue weighted by Gasteiger charge is 2.27. The number of piperidine rings is 1. The highest BCUT2D eigenvalue weighted by molar-refractivity contribution is 7.20. The van der Waals surface area contributed by atoms with Gasteiger partial charge in [0.2, 0.25) is 0 Å². The monoisotopic (exact) mass is 342 g/mol. The molecule has 0 aromatic carbocycles. The summed E-state index contributed by atoms with van der Waals surface area (Å²) in [6.07, 6.45) is 2.27. The molecule has 1 saturated heterocycles. The molecular weight excluding hydrogens is 327 g/mol. The zero-order valence-corrected chi connectivity index (χ0v) is 13.7. The summed E-state index contributed by atoms with van der Waals surface area (Å²) in [5.41, 5.74) is 0.597. The van der Waals surface area contributed by atoms with Crippen LogP contribution in [0.15, 0.2) is 6.07 Å². The molecule has 19 heavy (non-hydrogen) atoms. The lowest BCUT2D eigenvalue weighted by atomic mass is 9.83. The first-order valence-corrected chi connectivity index (χ1v) is 7.51. The van der Waals surface area contributed by atoms with Gasteiger partial charge in [-0.1, -0.05) is 30.1 Å². The van der Waals surface area contributed by atoms with Gasteiger partial charge in [0.15, 0.2) is 0 Å². The van der Waals surface area contributed by atoms with Crippen molar-refractivity contribution in [3.8, 4) is 0 Å². The molecule has 0 saturated carbocycles. The number of hydrogen-bond donors (Lipinski definition) is 2. The van der Waals surface area contributed by atoms with Crippen LogP contribution in [0.1, 0.15) is 30.1 Å². The lowest BCUT2D eigenvalue weighted by Gasteiger charge is -2.34. The van der Waals surface area contributed by atoms with Crippen molar-refractivity contribution in [2.24, 2.45) is 5.41 Å².